The predicted octanol–water partition coefficient (Wildman–Crippen LogP) is 0.681. The first kappa shape index (κ1) is 31.4. The molecule has 3 aromatic rings. The maximum atomic E-state index is 10.9. The Hall–Kier alpha value is -3.17. The standard InChI is InChI=1S/C34H39NO11/c1-17-26(15-36)45-33(31(41)28(17)38)8-6-20-10-18(2-4-24(20)43-33)22-12-23(14-35-13-22)19-3-5-25-21(11-19)7-9-34(44-25)32(42)30(40)29(39)27(16-37)46-34/h2-5,10-14,17,26-32,36-42H,6-9,15-16H2,1H3/t17-,26-,27-,28+,29-,30+,31+,32+,33+,34+/m1/s1. The Morgan fingerprint density at radius 1 is 0.652 bits per heavy atom. The number of hydrogen-bond acceptors (Lipinski definition) is 12. The lowest BCUT2D eigenvalue weighted by molar-refractivity contribution is -0.342. The van der Waals surface area contributed by atoms with E-state index in [1.54, 1.807) is 25.4 Å². The van der Waals surface area contributed by atoms with Crippen LogP contribution in [0.4, 0.5) is 0 Å². The van der Waals surface area contributed by atoms with Crippen LogP contribution in [-0.2, 0) is 22.3 Å². The van der Waals surface area contributed by atoms with Gasteiger partial charge in [-0.1, -0.05) is 19.1 Å². The Kier molecular flexibility index (Phi) is 8.07. The van der Waals surface area contributed by atoms with Crippen LogP contribution < -0.4 is 9.47 Å². The van der Waals surface area contributed by atoms with Gasteiger partial charge in [0, 0.05) is 42.3 Å². The minimum absolute atomic E-state index is 0.211. The molecule has 0 aliphatic carbocycles. The van der Waals surface area contributed by atoms with Crippen LogP contribution in [0.1, 0.15) is 30.9 Å². The molecule has 0 bridgehead atoms. The van der Waals surface area contributed by atoms with E-state index in [4.69, 9.17) is 18.9 Å². The number of aromatic nitrogens is 1. The third kappa shape index (κ3) is 5.09. The molecule has 0 saturated carbocycles. The first-order chi connectivity index (χ1) is 22.1. The summed E-state index contributed by atoms with van der Waals surface area (Å²) in [7, 11) is 0. The summed E-state index contributed by atoms with van der Waals surface area (Å²) >= 11 is 0. The number of rotatable bonds is 4. The van der Waals surface area contributed by atoms with Crippen molar-refractivity contribution in [2.24, 2.45) is 5.92 Å². The van der Waals surface area contributed by atoms with Crippen molar-refractivity contribution >= 4 is 0 Å². The van der Waals surface area contributed by atoms with Gasteiger partial charge >= 0.3 is 0 Å². The number of pyridine rings is 1. The molecule has 7 N–H and O–H groups in total. The number of nitrogens with zero attached hydrogens (tertiary/aromatic N) is 1. The zero-order valence-electron chi connectivity index (χ0n) is 25.3. The van der Waals surface area contributed by atoms with Gasteiger partial charge in [0.25, 0.3) is 0 Å². The van der Waals surface area contributed by atoms with Crippen molar-refractivity contribution < 1.29 is 54.7 Å². The zero-order valence-corrected chi connectivity index (χ0v) is 25.3. The second kappa shape index (κ2) is 11.8. The van der Waals surface area contributed by atoms with Crippen molar-refractivity contribution in [3.05, 3.63) is 66.0 Å². The second-order valence-corrected chi connectivity index (χ2v) is 12.8. The summed E-state index contributed by atoms with van der Waals surface area (Å²) in [5.74, 6) is -2.45. The van der Waals surface area contributed by atoms with Crippen LogP contribution in [0.5, 0.6) is 11.5 Å². The van der Waals surface area contributed by atoms with E-state index in [0.717, 1.165) is 33.4 Å². The number of ether oxygens (including phenoxy) is 4. The van der Waals surface area contributed by atoms with Gasteiger partial charge in [0.1, 0.15) is 42.0 Å². The highest BCUT2D eigenvalue weighted by Gasteiger charge is 2.57. The smallest absolute Gasteiger partial charge is 0.240 e. The van der Waals surface area contributed by atoms with E-state index in [1.807, 2.05) is 36.4 Å². The van der Waals surface area contributed by atoms with E-state index in [1.165, 1.54) is 0 Å². The monoisotopic (exact) mass is 637 g/mol. The molecule has 0 radical (unpaired) electrons. The SMILES string of the molecule is C[C@H]1[C@H](O)[C@H](O)[C@]2(CCc3cc(-c4cncc(-c5ccc6c(c5)CC[C@]5(O6)O[C@H](CO)[C@@H](O)[C@H](O)[C@@H]5O)c4)ccc3O2)O[C@@H]1CO. The summed E-state index contributed by atoms with van der Waals surface area (Å²) in [6, 6.07) is 13.4. The van der Waals surface area contributed by atoms with Gasteiger partial charge in [-0.15, -0.1) is 0 Å². The fraction of sp³-hybridized carbons (Fsp3) is 0.500. The van der Waals surface area contributed by atoms with Gasteiger partial charge in [0.15, 0.2) is 0 Å². The number of aliphatic hydroxyl groups is 7. The van der Waals surface area contributed by atoms with Crippen LogP contribution in [0.25, 0.3) is 22.3 Å². The number of aliphatic hydroxyl groups excluding tert-OH is 7. The Bertz CT molecular complexity index is 1490. The molecule has 0 amide bonds. The van der Waals surface area contributed by atoms with Gasteiger partial charge in [0.05, 0.1) is 25.4 Å². The predicted molar refractivity (Wildman–Crippen MR) is 162 cm³/mol. The second-order valence-electron chi connectivity index (χ2n) is 12.8. The van der Waals surface area contributed by atoms with Crippen molar-refractivity contribution in [3.8, 4) is 33.8 Å². The topological polar surface area (TPSA) is 191 Å². The summed E-state index contributed by atoms with van der Waals surface area (Å²) < 4.78 is 24.1. The average molecular weight is 638 g/mol. The highest BCUT2D eigenvalue weighted by atomic mass is 16.7. The molecule has 2 fully saturated rings. The molecule has 2 aromatic carbocycles. The quantitative estimate of drug-likeness (QED) is 0.212. The molecule has 4 aliphatic rings. The molecule has 246 valence electrons. The normalized spacial score (nSPS) is 36.9. The minimum Gasteiger partial charge on any atom is -0.459 e. The Morgan fingerprint density at radius 3 is 1.67 bits per heavy atom. The summed E-state index contributed by atoms with van der Waals surface area (Å²) in [5.41, 5.74) is 5.38. The molecular weight excluding hydrogens is 598 g/mol. The van der Waals surface area contributed by atoms with Gasteiger partial charge in [0.2, 0.25) is 11.6 Å². The van der Waals surface area contributed by atoms with Crippen LogP contribution in [0, 0.1) is 5.92 Å². The Labute approximate surface area is 265 Å². The maximum Gasteiger partial charge on any atom is 0.240 e. The molecule has 4 aliphatic heterocycles. The van der Waals surface area contributed by atoms with E-state index in [0.29, 0.717) is 30.8 Å². The molecule has 1 aromatic heterocycles. The summed E-state index contributed by atoms with van der Waals surface area (Å²) in [4.78, 5) is 4.49. The zero-order chi connectivity index (χ0) is 32.4. The van der Waals surface area contributed by atoms with E-state index >= 15 is 0 Å². The van der Waals surface area contributed by atoms with Crippen molar-refractivity contribution in [2.45, 2.75) is 86.9 Å². The van der Waals surface area contributed by atoms with E-state index in [9.17, 15) is 35.7 Å². The number of fused-ring (bicyclic) bond motifs is 2. The molecular formula is C34H39NO11. The van der Waals surface area contributed by atoms with Crippen molar-refractivity contribution in [1.82, 2.24) is 4.98 Å². The van der Waals surface area contributed by atoms with E-state index in [2.05, 4.69) is 4.98 Å². The molecule has 5 heterocycles. The fourth-order valence-corrected chi connectivity index (χ4v) is 7.15. The Morgan fingerprint density at radius 2 is 1.15 bits per heavy atom. The first-order valence-corrected chi connectivity index (χ1v) is 15.7. The number of aryl methyl sites for hydroxylation is 2. The highest BCUT2D eigenvalue weighted by molar-refractivity contribution is 5.73. The van der Waals surface area contributed by atoms with E-state index < -0.39 is 66.8 Å². The molecule has 12 heteroatoms. The third-order valence-corrected chi connectivity index (χ3v) is 10.0. The first-order valence-electron chi connectivity index (χ1n) is 15.7. The van der Waals surface area contributed by atoms with Crippen molar-refractivity contribution in [3.63, 3.8) is 0 Å². The lowest BCUT2D eigenvalue weighted by Crippen LogP contribution is -2.68. The van der Waals surface area contributed by atoms with Crippen LogP contribution in [0.15, 0.2) is 54.9 Å². The molecule has 2 saturated heterocycles. The molecule has 2 spiro atoms. The Balaban J connectivity index is 1.11. The number of hydrogen-bond donors (Lipinski definition) is 7. The molecule has 0 unspecified atom stereocenters. The van der Waals surface area contributed by atoms with Crippen molar-refractivity contribution in [1.29, 1.82) is 0 Å². The minimum atomic E-state index is -1.59. The summed E-state index contributed by atoms with van der Waals surface area (Å²) in [6.07, 6.45) is -3.50. The maximum absolute atomic E-state index is 10.9. The van der Waals surface area contributed by atoms with Crippen molar-refractivity contribution in [2.75, 3.05) is 13.2 Å². The van der Waals surface area contributed by atoms with Gasteiger partial charge in [-0.3, -0.25) is 4.98 Å². The average Bonchev–Trinajstić information content (AvgIpc) is 3.09. The van der Waals surface area contributed by atoms with Gasteiger partial charge in [-0.2, -0.15) is 0 Å². The third-order valence-electron chi connectivity index (χ3n) is 10.0. The summed E-state index contributed by atoms with van der Waals surface area (Å²) in [5, 5.41) is 72.2. The molecule has 7 rings (SSSR count). The van der Waals surface area contributed by atoms with Gasteiger partial charge in [-0.25, -0.2) is 0 Å². The van der Waals surface area contributed by atoms with Crippen LogP contribution in [0.3, 0.4) is 0 Å². The summed E-state index contributed by atoms with van der Waals surface area (Å²) in [6.45, 7) is 0.903. The lowest BCUT2D eigenvalue weighted by atomic mass is 9.83. The van der Waals surface area contributed by atoms with E-state index in [-0.39, 0.29) is 13.0 Å². The molecule has 46 heavy (non-hydrogen) atoms. The van der Waals surface area contributed by atoms with Crippen LogP contribution in [0.2, 0.25) is 0 Å². The lowest BCUT2D eigenvalue weighted by Gasteiger charge is -2.50. The van der Waals surface area contributed by atoms with Gasteiger partial charge in [-0.05, 0) is 65.4 Å². The van der Waals surface area contributed by atoms with Crippen LogP contribution >= 0.6 is 0 Å². The number of benzene rings is 2. The fourth-order valence-electron chi connectivity index (χ4n) is 7.15. The van der Waals surface area contributed by atoms with Crippen LogP contribution in [-0.4, -0.2) is 108 Å². The highest BCUT2D eigenvalue weighted by Crippen LogP contribution is 2.45. The molecule has 10 atom stereocenters. The van der Waals surface area contributed by atoms with Gasteiger partial charge < -0.3 is 54.7 Å². The molecule has 12 nitrogen and oxygen atoms in total. The largest absolute Gasteiger partial charge is 0.459 e.